The van der Waals surface area contributed by atoms with Crippen molar-refractivity contribution in [1.29, 1.82) is 0 Å². The lowest BCUT2D eigenvalue weighted by atomic mass is 9.97. The Bertz CT molecular complexity index is 602. The average Bonchev–Trinajstić information content (AvgIpc) is 2.54. The number of hydrogen-bond acceptors (Lipinski definition) is 3. The molecule has 21 heavy (non-hydrogen) atoms. The minimum Gasteiger partial charge on any atom is -0.497 e. The first-order valence-electron chi connectivity index (χ1n) is 7.06. The number of carbonyl (C=O) groups is 1. The molecule has 3 nitrogen and oxygen atoms in total. The van der Waals surface area contributed by atoms with Gasteiger partial charge < -0.3 is 9.47 Å². The smallest absolute Gasteiger partial charge is 0.313 e. The number of benzene rings is 2. The maximum atomic E-state index is 11.7. The molecule has 0 radical (unpaired) electrons. The second-order valence-corrected chi connectivity index (χ2v) is 4.83. The van der Waals surface area contributed by atoms with E-state index in [-0.39, 0.29) is 11.9 Å². The van der Waals surface area contributed by atoms with Crippen LogP contribution in [-0.2, 0) is 9.53 Å². The molecular weight excluding hydrogens is 264 g/mol. The van der Waals surface area contributed by atoms with Gasteiger partial charge in [0.25, 0.3) is 0 Å². The van der Waals surface area contributed by atoms with Crippen molar-refractivity contribution < 1.29 is 14.3 Å². The summed E-state index contributed by atoms with van der Waals surface area (Å²) in [5, 5.41) is 0. The highest BCUT2D eigenvalue weighted by Gasteiger charge is 2.16. The van der Waals surface area contributed by atoms with E-state index in [9.17, 15) is 4.79 Å². The number of carbonyl (C=O) groups excluding carboxylic acids is 1. The summed E-state index contributed by atoms with van der Waals surface area (Å²) < 4.78 is 10.3. The molecule has 0 fully saturated rings. The van der Waals surface area contributed by atoms with Crippen LogP contribution < -0.4 is 4.74 Å². The summed E-state index contributed by atoms with van der Waals surface area (Å²) in [6.45, 7) is 4.08. The van der Waals surface area contributed by atoms with Crippen molar-refractivity contribution in [3.05, 3.63) is 54.1 Å². The Morgan fingerprint density at radius 1 is 1.10 bits per heavy atom. The SMILES string of the molecule is CCOC(=O)C(C)c1ccc(-c2cccc(OC)c2)cc1. The maximum absolute atomic E-state index is 11.7. The molecule has 0 aromatic heterocycles. The fourth-order valence-corrected chi connectivity index (χ4v) is 2.17. The molecule has 0 heterocycles. The number of hydrogen-bond donors (Lipinski definition) is 0. The molecule has 0 N–H and O–H groups in total. The minimum atomic E-state index is -0.246. The van der Waals surface area contributed by atoms with Gasteiger partial charge >= 0.3 is 5.97 Å². The van der Waals surface area contributed by atoms with E-state index in [1.807, 2.05) is 62.4 Å². The largest absolute Gasteiger partial charge is 0.497 e. The predicted octanol–water partition coefficient (Wildman–Crippen LogP) is 4.03. The summed E-state index contributed by atoms with van der Waals surface area (Å²) in [6, 6.07) is 15.9. The van der Waals surface area contributed by atoms with Gasteiger partial charge in [-0.05, 0) is 42.7 Å². The standard InChI is InChI=1S/C18H20O3/c1-4-21-18(19)13(2)14-8-10-15(11-9-14)16-6-5-7-17(12-16)20-3/h5-13H,4H2,1-3H3. The molecule has 1 unspecified atom stereocenters. The lowest BCUT2D eigenvalue weighted by molar-refractivity contribution is -0.144. The van der Waals surface area contributed by atoms with Gasteiger partial charge in [0, 0.05) is 0 Å². The van der Waals surface area contributed by atoms with Gasteiger partial charge in [-0.1, -0.05) is 36.4 Å². The van der Waals surface area contributed by atoms with E-state index in [1.165, 1.54) is 0 Å². The molecule has 2 aromatic carbocycles. The van der Waals surface area contributed by atoms with E-state index in [2.05, 4.69) is 0 Å². The van der Waals surface area contributed by atoms with Crippen molar-refractivity contribution >= 4 is 5.97 Å². The third-order valence-corrected chi connectivity index (χ3v) is 3.45. The molecule has 0 aliphatic rings. The normalized spacial score (nSPS) is 11.8. The fourth-order valence-electron chi connectivity index (χ4n) is 2.17. The van der Waals surface area contributed by atoms with Crippen molar-refractivity contribution in [2.45, 2.75) is 19.8 Å². The first-order valence-corrected chi connectivity index (χ1v) is 7.06. The molecule has 0 aliphatic carbocycles. The highest BCUT2D eigenvalue weighted by Crippen LogP contribution is 2.26. The molecule has 0 saturated carbocycles. The minimum absolute atomic E-state index is 0.188. The summed E-state index contributed by atoms with van der Waals surface area (Å²) in [5.74, 6) is 0.396. The van der Waals surface area contributed by atoms with Crippen LogP contribution in [-0.4, -0.2) is 19.7 Å². The second-order valence-electron chi connectivity index (χ2n) is 4.83. The molecule has 0 spiro atoms. The molecule has 3 heteroatoms. The number of rotatable bonds is 5. The van der Waals surface area contributed by atoms with Gasteiger partial charge in [-0.3, -0.25) is 4.79 Å². The average molecular weight is 284 g/mol. The van der Waals surface area contributed by atoms with E-state index in [0.29, 0.717) is 6.61 Å². The quantitative estimate of drug-likeness (QED) is 0.778. The maximum Gasteiger partial charge on any atom is 0.313 e. The van der Waals surface area contributed by atoms with Crippen LogP contribution in [0.5, 0.6) is 5.75 Å². The molecule has 0 saturated heterocycles. The fraction of sp³-hybridized carbons (Fsp3) is 0.278. The summed E-state index contributed by atoms with van der Waals surface area (Å²) in [4.78, 5) is 11.7. The Morgan fingerprint density at radius 2 is 1.81 bits per heavy atom. The third kappa shape index (κ3) is 3.63. The molecular formula is C18H20O3. The van der Waals surface area contributed by atoms with Crippen molar-refractivity contribution in [2.75, 3.05) is 13.7 Å². The Balaban J connectivity index is 2.20. The summed E-state index contributed by atoms with van der Waals surface area (Å²) in [6.07, 6.45) is 0. The Kier molecular flexibility index (Phi) is 4.99. The molecule has 2 rings (SSSR count). The van der Waals surface area contributed by atoms with E-state index in [1.54, 1.807) is 7.11 Å². The van der Waals surface area contributed by atoms with Crippen LogP contribution in [0.4, 0.5) is 0 Å². The number of esters is 1. The zero-order chi connectivity index (χ0) is 15.2. The zero-order valence-electron chi connectivity index (χ0n) is 12.6. The van der Waals surface area contributed by atoms with Crippen LogP contribution in [0.2, 0.25) is 0 Å². The van der Waals surface area contributed by atoms with E-state index < -0.39 is 0 Å². The van der Waals surface area contributed by atoms with Crippen molar-refractivity contribution in [2.24, 2.45) is 0 Å². The second kappa shape index (κ2) is 6.93. The van der Waals surface area contributed by atoms with E-state index >= 15 is 0 Å². The monoisotopic (exact) mass is 284 g/mol. The highest BCUT2D eigenvalue weighted by molar-refractivity contribution is 5.78. The van der Waals surface area contributed by atoms with Crippen molar-refractivity contribution in [3.8, 4) is 16.9 Å². The summed E-state index contributed by atoms with van der Waals surface area (Å²) in [5.41, 5.74) is 3.14. The topological polar surface area (TPSA) is 35.5 Å². The third-order valence-electron chi connectivity index (χ3n) is 3.45. The van der Waals surface area contributed by atoms with Gasteiger partial charge in [-0.15, -0.1) is 0 Å². The van der Waals surface area contributed by atoms with Crippen LogP contribution in [0.3, 0.4) is 0 Å². The molecule has 1 atom stereocenters. The summed E-state index contributed by atoms with van der Waals surface area (Å²) >= 11 is 0. The van der Waals surface area contributed by atoms with E-state index in [4.69, 9.17) is 9.47 Å². The molecule has 0 aliphatic heterocycles. The van der Waals surface area contributed by atoms with Crippen LogP contribution in [0, 0.1) is 0 Å². The molecule has 110 valence electrons. The van der Waals surface area contributed by atoms with Gasteiger partial charge in [0.05, 0.1) is 19.6 Å². The van der Waals surface area contributed by atoms with Gasteiger partial charge in [0.15, 0.2) is 0 Å². The first kappa shape index (κ1) is 15.1. The van der Waals surface area contributed by atoms with Gasteiger partial charge in [0.1, 0.15) is 5.75 Å². The predicted molar refractivity (Wildman–Crippen MR) is 83.5 cm³/mol. The molecule has 0 bridgehead atoms. The first-order chi connectivity index (χ1) is 10.2. The Labute approximate surface area is 125 Å². The molecule has 0 amide bonds. The summed E-state index contributed by atoms with van der Waals surface area (Å²) in [7, 11) is 1.66. The van der Waals surface area contributed by atoms with Crippen LogP contribution >= 0.6 is 0 Å². The Morgan fingerprint density at radius 3 is 2.43 bits per heavy atom. The highest BCUT2D eigenvalue weighted by atomic mass is 16.5. The lowest BCUT2D eigenvalue weighted by Gasteiger charge is -2.11. The Hall–Kier alpha value is -2.29. The number of methoxy groups -OCH3 is 1. The molecule has 2 aromatic rings. The van der Waals surface area contributed by atoms with Crippen LogP contribution in [0.1, 0.15) is 25.3 Å². The zero-order valence-corrected chi connectivity index (χ0v) is 12.6. The van der Waals surface area contributed by atoms with Gasteiger partial charge in [-0.2, -0.15) is 0 Å². The van der Waals surface area contributed by atoms with Crippen LogP contribution in [0.25, 0.3) is 11.1 Å². The van der Waals surface area contributed by atoms with E-state index in [0.717, 1.165) is 22.4 Å². The lowest BCUT2D eigenvalue weighted by Crippen LogP contribution is -2.12. The van der Waals surface area contributed by atoms with Crippen LogP contribution in [0.15, 0.2) is 48.5 Å². The van der Waals surface area contributed by atoms with Crippen molar-refractivity contribution in [1.82, 2.24) is 0 Å². The number of ether oxygens (including phenoxy) is 2. The van der Waals surface area contributed by atoms with Gasteiger partial charge in [-0.25, -0.2) is 0 Å². The van der Waals surface area contributed by atoms with Gasteiger partial charge in [0.2, 0.25) is 0 Å². The van der Waals surface area contributed by atoms with Crippen molar-refractivity contribution in [3.63, 3.8) is 0 Å².